The van der Waals surface area contributed by atoms with Crippen molar-refractivity contribution < 1.29 is 19.7 Å². The van der Waals surface area contributed by atoms with Crippen molar-refractivity contribution in [2.24, 2.45) is 0 Å². The van der Waals surface area contributed by atoms with Crippen molar-refractivity contribution in [2.45, 2.75) is 78.2 Å². The number of aryl methyl sites for hydroxylation is 2. The molecule has 1 unspecified atom stereocenters. The summed E-state index contributed by atoms with van der Waals surface area (Å²) < 4.78 is 5.40. The summed E-state index contributed by atoms with van der Waals surface area (Å²) in [6.07, 6.45) is 8.65. The molecule has 2 rings (SSSR count). The number of carboxylic acids is 1. The van der Waals surface area contributed by atoms with Gasteiger partial charge in [-0.15, -0.1) is 0 Å². The maximum atomic E-state index is 10.8. The first-order valence-electron chi connectivity index (χ1n) is 11.7. The molecule has 0 fully saturated rings. The van der Waals surface area contributed by atoms with Crippen LogP contribution in [-0.2, 0) is 4.79 Å². The molecule has 0 aromatic heterocycles. The Morgan fingerprint density at radius 3 is 2.19 bits per heavy atom. The van der Waals surface area contributed by atoms with Gasteiger partial charge in [0.25, 0.3) is 0 Å². The van der Waals surface area contributed by atoms with Gasteiger partial charge in [-0.3, -0.25) is 0 Å². The first kappa shape index (κ1) is 25.7. The predicted molar refractivity (Wildman–Crippen MR) is 131 cm³/mol. The molecule has 2 aromatic carbocycles. The molecular formula is C28H38O4. The molecule has 2 aromatic rings. The Balaban J connectivity index is 2.33. The number of hydrogen-bond donors (Lipinski definition) is 2. The molecule has 174 valence electrons. The fraction of sp³-hybridized carbons (Fsp3) is 0.464. The van der Waals surface area contributed by atoms with Crippen molar-refractivity contribution >= 4 is 12.0 Å². The maximum absolute atomic E-state index is 10.8. The van der Waals surface area contributed by atoms with Gasteiger partial charge >= 0.3 is 5.97 Å². The normalized spacial score (nSPS) is 12.8. The Morgan fingerprint density at radius 2 is 1.66 bits per heavy atom. The third-order valence-corrected chi connectivity index (χ3v) is 6.29. The number of ether oxygens (including phenoxy) is 1. The third kappa shape index (κ3) is 6.96. The molecule has 2 N–H and O–H groups in total. The van der Waals surface area contributed by atoms with E-state index in [1.807, 2.05) is 39.0 Å². The highest BCUT2D eigenvalue weighted by atomic mass is 16.5. The van der Waals surface area contributed by atoms with Gasteiger partial charge in [-0.05, 0) is 67.0 Å². The molecule has 32 heavy (non-hydrogen) atoms. The molecule has 0 saturated carbocycles. The van der Waals surface area contributed by atoms with Crippen molar-refractivity contribution in [3.05, 3.63) is 70.3 Å². The van der Waals surface area contributed by atoms with Crippen LogP contribution in [0, 0.1) is 13.8 Å². The SMILES string of the molecule is CCCCC(c1ccc(/C=C/C(O)(CC)CC)c(C)c1)c1ccc(OCC(=O)O)c(C)c1. The Morgan fingerprint density at radius 1 is 1.03 bits per heavy atom. The van der Waals surface area contributed by atoms with Gasteiger partial charge in [0, 0.05) is 5.92 Å². The molecule has 0 heterocycles. The van der Waals surface area contributed by atoms with Crippen LogP contribution in [0.15, 0.2) is 42.5 Å². The number of carboxylic acid groups (broad SMARTS) is 1. The van der Waals surface area contributed by atoms with E-state index in [9.17, 15) is 9.90 Å². The van der Waals surface area contributed by atoms with Crippen molar-refractivity contribution in [1.29, 1.82) is 0 Å². The van der Waals surface area contributed by atoms with Crippen molar-refractivity contribution in [3.8, 4) is 5.75 Å². The number of unbranched alkanes of at least 4 members (excludes halogenated alkanes) is 1. The van der Waals surface area contributed by atoms with Crippen molar-refractivity contribution in [2.75, 3.05) is 6.61 Å². The number of aliphatic carboxylic acids is 1. The van der Waals surface area contributed by atoms with Gasteiger partial charge in [0.15, 0.2) is 6.61 Å². The van der Waals surface area contributed by atoms with Crippen LogP contribution in [0.4, 0.5) is 0 Å². The van der Waals surface area contributed by atoms with Gasteiger partial charge in [0.05, 0.1) is 5.60 Å². The number of aliphatic hydroxyl groups is 1. The summed E-state index contributed by atoms with van der Waals surface area (Å²) in [5, 5.41) is 19.4. The van der Waals surface area contributed by atoms with Crippen LogP contribution in [0.2, 0.25) is 0 Å². The fourth-order valence-corrected chi connectivity index (χ4v) is 3.96. The van der Waals surface area contributed by atoms with Crippen LogP contribution >= 0.6 is 0 Å². The van der Waals surface area contributed by atoms with Crippen LogP contribution < -0.4 is 4.74 Å². The minimum atomic E-state index is -0.977. The zero-order chi connectivity index (χ0) is 23.7. The molecule has 0 bridgehead atoms. The molecular weight excluding hydrogens is 400 g/mol. The summed E-state index contributed by atoms with van der Waals surface area (Å²) in [5.41, 5.74) is 4.99. The van der Waals surface area contributed by atoms with Gasteiger partial charge in [-0.1, -0.05) is 76.1 Å². The zero-order valence-corrected chi connectivity index (χ0v) is 20.1. The topological polar surface area (TPSA) is 66.8 Å². The second-order valence-corrected chi connectivity index (χ2v) is 8.66. The number of hydrogen-bond acceptors (Lipinski definition) is 3. The van der Waals surface area contributed by atoms with Crippen LogP contribution in [0.5, 0.6) is 5.75 Å². The summed E-state index contributed by atoms with van der Waals surface area (Å²) >= 11 is 0. The first-order valence-corrected chi connectivity index (χ1v) is 11.7. The lowest BCUT2D eigenvalue weighted by Gasteiger charge is -2.22. The highest BCUT2D eigenvalue weighted by Crippen LogP contribution is 2.34. The second-order valence-electron chi connectivity index (χ2n) is 8.66. The van der Waals surface area contributed by atoms with Crippen LogP contribution in [0.25, 0.3) is 6.08 Å². The Bertz CT molecular complexity index is 925. The largest absolute Gasteiger partial charge is 0.482 e. The molecule has 0 spiro atoms. The number of benzene rings is 2. The molecule has 0 aliphatic carbocycles. The summed E-state index contributed by atoms with van der Waals surface area (Å²) in [6.45, 7) is 9.94. The average Bonchev–Trinajstić information content (AvgIpc) is 2.77. The molecule has 0 aliphatic heterocycles. The van der Waals surface area contributed by atoms with E-state index in [4.69, 9.17) is 9.84 Å². The lowest BCUT2D eigenvalue weighted by atomic mass is 9.85. The summed E-state index contributed by atoms with van der Waals surface area (Å²) in [4.78, 5) is 10.8. The highest BCUT2D eigenvalue weighted by molar-refractivity contribution is 5.68. The van der Waals surface area contributed by atoms with Gasteiger partial charge in [-0.2, -0.15) is 0 Å². The quantitative estimate of drug-likeness (QED) is 0.389. The Labute approximate surface area is 193 Å². The molecule has 0 amide bonds. The van der Waals surface area contributed by atoms with Crippen molar-refractivity contribution in [1.82, 2.24) is 0 Å². The molecule has 0 saturated heterocycles. The average molecular weight is 439 g/mol. The van der Waals surface area contributed by atoms with Gasteiger partial charge < -0.3 is 14.9 Å². The Kier molecular flexibility index (Phi) is 9.52. The van der Waals surface area contributed by atoms with Crippen LogP contribution in [0.3, 0.4) is 0 Å². The van der Waals surface area contributed by atoms with E-state index < -0.39 is 11.6 Å². The summed E-state index contributed by atoms with van der Waals surface area (Å²) in [5.74, 6) is -0.0984. The monoisotopic (exact) mass is 438 g/mol. The second kappa shape index (κ2) is 11.9. The number of carbonyl (C=O) groups is 1. The fourth-order valence-electron chi connectivity index (χ4n) is 3.96. The first-order chi connectivity index (χ1) is 15.2. The smallest absolute Gasteiger partial charge is 0.341 e. The van der Waals surface area contributed by atoms with Crippen LogP contribution in [0.1, 0.15) is 86.6 Å². The van der Waals surface area contributed by atoms with E-state index >= 15 is 0 Å². The zero-order valence-electron chi connectivity index (χ0n) is 20.1. The van der Waals surface area contributed by atoms with E-state index in [1.54, 1.807) is 0 Å². The van der Waals surface area contributed by atoms with Crippen molar-refractivity contribution in [3.63, 3.8) is 0 Å². The van der Waals surface area contributed by atoms with E-state index in [2.05, 4.69) is 44.2 Å². The summed E-state index contributed by atoms with van der Waals surface area (Å²) in [7, 11) is 0. The van der Waals surface area contributed by atoms with Gasteiger partial charge in [-0.25, -0.2) is 4.79 Å². The number of rotatable bonds is 12. The third-order valence-electron chi connectivity index (χ3n) is 6.29. The van der Waals surface area contributed by atoms with Gasteiger partial charge in [0.1, 0.15) is 5.75 Å². The Hall–Kier alpha value is -2.59. The van der Waals surface area contributed by atoms with E-state index in [-0.39, 0.29) is 12.5 Å². The molecule has 1 atom stereocenters. The summed E-state index contributed by atoms with van der Waals surface area (Å²) in [6, 6.07) is 12.6. The van der Waals surface area contributed by atoms with Crippen LogP contribution in [-0.4, -0.2) is 28.4 Å². The molecule has 0 radical (unpaired) electrons. The maximum Gasteiger partial charge on any atom is 0.341 e. The van der Waals surface area contributed by atoms with E-state index in [1.165, 1.54) is 16.7 Å². The minimum Gasteiger partial charge on any atom is -0.482 e. The molecule has 0 aliphatic rings. The highest BCUT2D eigenvalue weighted by Gasteiger charge is 2.19. The predicted octanol–water partition coefficient (Wildman–Crippen LogP) is 6.65. The lowest BCUT2D eigenvalue weighted by molar-refractivity contribution is -0.139. The minimum absolute atomic E-state index is 0.266. The molecule has 4 nitrogen and oxygen atoms in total. The standard InChI is InChI=1S/C28H38O4/c1-6-9-10-25(24-13-14-26(21(5)18-24)32-19-27(29)30)23-12-11-22(20(4)17-23)15-16-28(31,7-2)8-3/h11-18,25,31H,6-10,19H2,1-5H3,(H,29,30)/b16-15+. The van der Waals surface area contributed by atoms with Gasteiger partial charge in [0.2, 0.25) is 0 Å². The van der Waals surface area contributed by atoms with E-state index in [0.717, 1.165) is 30.4 Å². The molecule has 4 heteroatoms. The lowest BCUT2D eigenvalue weighted by Crippen LogP contribution is -2.22. The van der Waals surface area contributed by atoms with E-state index in [0.29, 0.717) is 18.6 Å².